The number of aromatic nitrogens is 2. The molecule has 0 fully saturated rings. The average Bonchev–Trinajstić information content (AvgIpc) is 2.33. The van der Waals surface area contributed by atoms with Crippen LogP contribution in [0.15, 0.2) is 42.0 Å². The summed E-state index contributed by atoms with van der Waals surface area (Å²) in [6.45, 7) is 6.34. The Morgan fingerprint density at radius 1 is 1.47 bits per heavy atom. The van der Waals surface area contributed by atoms with Crippen LogP contribution >= 0.6 is 0 Å². The zero-order valence-corrected chi connectivity index (χ0v) is 10.0. The van der Waals surface area contributed by atoms with Gasteiger partial charge in [-0.05, 0) is 31.4 Å². The minimum absolute atomic E-state index is 0.0442. The molecule has 2 aromatic rings. The van der Waals surface area contributed by atoms with Crippen molar-refractivity contribution >= 4 is 10.9 Å². The van der Waals surface area contributed by atoms with Gasteiger partial charge in [-0.25, -0.2) is 4.98 Å². The summed E-state index contributed by atoms with van der Waals surface area (Å²) in [5.74, 6) is 0. The zero-order chi connectivity index (χ0) is 12.3. The first-order chi connectivity index (χ1) is 8.24. The summed E-state index contributed by atoms with van der Waals surface area (Å²) < 4.78 is 1.67. The van der Waals surface area contributed by atoms with Crippen LogP contribution in [-0.4, -0.2) is 9.55 Å². The number of para-hydroxylation sites is 1. The maximum absolute atomic E-state index is 12.2. The predicted octanol–water partition coefficient (Wildman–Crippen LogP) is 2.67. The van der Waals surface area contributed by atoms with Gasteiger partial charge in [0.1, 0.15) is 0 Å². The number of hydrogen-bond donors (Lipinski definition) is 0. The van der Waals surface area contributed by atoms with E-state index in [1.807, 2.05) is 31.2 Å². The molecule has 0 amide bonds. The summed E-state index contributed by atoms with van der Waals surface area (Å²) in [5, 5.41) is 0.700. The third-order valence-electron chi connectivity index (χ3n) is 2.86. The van der Waals surface area contributed by atoms with Crippen LogP contribution in [0.1, 0.15) is 18.4 Å². The molecule has 17 heavy (non-hydrogen) atoms. The Morgan fingerprint density at radius 3 is 3.06 bits per heavy atom. The number of benzene rings is 1. The second-order valence-electron chi connectivity index (χ2n) is 4.15. The number of nitrogens with zero attached hydrogens (tertiary/aromatic N) is 2. The van der Waals surface area contributed by atoms with Gasteiger partial charge in [-0.15, -0.1) is 6.58 Å². The first-order valence-corrected chi connectivity index (χ1v) is 5.79. The smallest absolute Gasteiger partial charge is 0.261 e. The maximum Gasteiger partial charge on any atom is 0.261 e. The van der Waals surface area contributed by atoms with E-state index in [0.29, 0.717) is 11.9 Å². The van der Waals surface area contributed by atoms with Crippen molar-refractivity contribution in [1.29, 1.82) is 0 Å². The van der Waals surface area contributed by atoms with Crippen molar-refractivity contribution in [3.8, 4) is 0 Å². The van der Waals surface area contributed by atoms with Crippen LogP contribution in [0.25, 0.3) is 10.9 Å². The molecule has 0 N–H and O–H groups in total. The minimum atomic E-state index is 0.0442. The number of hydrogen-bond acceptors (Lipinski definition) is 2. The molecular formula is C14H16N2O. The van der Waals surface area contributed by atoms with Gasteiger partial charge < -0.3 is 0 Å². The zero-order valence-electron chi connectivity index (χ0n) is 10.0. The standard InChI is InChI=1S/C14H16N2O/c1-3-4-5-9-16-10-15-13-11(2)7-6-8-12(13)14(16)17/h3,6-8,10H,1,4-5,9H2,2H3. The van der Waals surface area contributed by atoms with E-state index < -0.39 is 0 Å². The summed E-state index contributed by atoms with van der Waals surface area (Å²) in [5.41, 5.74) is 1.89. The van der Waals surface area contributed by atoms with Crippen molar-refractivity contribution in [1.82, 2.24) is 9.55 Å². The maximum atomic E-state index is 12.2. The Morgan fingerprint density at radius 2 is 2.29 bits per heavy atom. The van der Waals surface area contributed by atoms with Crippen LogP contribution in [0.3, 0.4) is 0 Å². The molecule has 2 rings (SSSR count). The van der Waals surface area contributed by atoms with E-state index in [1.165, 1.54) is 0 Å². The predicted molar refractivity (Wildman–Crippen MR) is 70.2 cm³/mol. The second-order valence-corrected chi connectivity index (χ2v) is 4.15. The molecule has 0 radical (unpaired) electrons. The molecule has 3 nitrogen and oxygen atoms in total. The highest BCUT2D eigenvalue weighted by Crippen LogP contribution is 2.11. The highest BCUT2D eigenvalue weighted by Gasteiger charge is 2.04. The number of allylic oxidation sites excluding steroid dienone is 1. The van der Waals surface area contributed by atoms with Crippen LogP contribution in [0.4, 0.5) is 0 Å². The molecule has 3 heteroatoms. The van der Waals surface area contributed by atoms with Crippen molar-refractivity contribution in [3.05, 3.63) is 53.1 Å². The number of aryl methyl sites for hydroxylation is 2. The van der Waals surface area contributed by atoms with E-state index in [2.05, 4.69) is 11.6 Å². The third kappa shape index (κ3) is 2.28. The Balaban J connectivity index is 2.44. The minimum Gasteiger partial charge on any atom is -0.299 e. The van der Waals surface area contributed by atoms with Crippen LogP contribution < -0.4 is 5.56 Å². The molecule has 0 bridgehead atoms. The van der Waals surface area contributed by atoms with Crippen molar-refractivity contribution in [2.24, 2.45) is 0 Å². The largest absolute Gasteiger partial charge is 0.299 e. The lowest BCUT2D eigenvalue weighted by molar-refractivity contribution is 0.624. The summed E-state index contributed by atoms with van der Waals surface area (Å²) in [6.07, 6.45) is 5.34. The Labute approximate surface area is 100 Å². The highest BCUT2D eigenvalue weighted by molar-refractivity contribution is 5.80. The van der Waals surface area contributed by atoms with Crippen molar-refractivity contribution in [2.45, 2.75) is 26.3 Å². The van der Waals surface area contributed by atoms with E-state index in [0.717, 1.165) is 23.9 Å². The summed E-state index contributed by atoms with van der Waals surface area (Å²) in [7, 11) is 0. The lowest BCUT2D eigenvalue weighted by atomic mass is 10.1. The molecule has 0 aliphatic rings. The molecule has 0 unspecified atom stereocenters. The number of fused-ring (bicyclic) bond motifs is 1. The van der Waals surface area contributed by atoms with Crippen LogP contribution in [-0.2, 0) is 6.54 Å². The Kier molecular flexibility index (Phi) is 3.38. The fourth-order valence-corrected chi connectivity index (χ4v) is 1.90. The lowest BCUT2D eigenvalue weighted by Crippen LogP contribution is -2.20. The summed E-state index contributed by atoms with van der Waals surface area (Å²) in [6, 6.07) is 5.70. The van der Waals surface area contributed by atoms with Crippen LogP contribution in [0.2, 0.25) is 0 Å². The molecule has 0 aliphatic heterocycles. The van der Waals surface area contributed by atoms with Crippen LogP contribution in [0.5, 0.6) is 0 Å². The second kappa shape index (κ2) is 4.95. The Hall–Kier alpha value is -1.90. The monoisotopic (exact) mass is 228 g/mol. The summed E-state index contributed by atoms with van der Waals surface area (Å²) >= 11 is 0. The molecule has 88 valence electrons. The van der Waals surface area contributed by atoms with Gasteiger partial charge in [0.2, 0.25) is 0 Å². The van der Waals surface area contributed by atoms with Crippen molar-refractivity contribution in [3.63, 3.8) is 0 Å². The van der Waals surface area contributed by atoms with Gasteiger partial charge in [-0.2, -0.15) is 0 Å². The van der Waals surface area contributed by atoms with E-state index in [-0.39, 0.29) is 5.56 Å². The molecule has 0 aliphatic carbocycles. The topological polar surface area (TPSA) is 34.9 Å². The van der Waals surface area contributed by atoms with Crippen LogP contribution in [0, 0.1) is 6.92 Å². The van der Waals surface area contributed by atoms with Gasteiger partial charge in [-0.3, -0.25) is 9.36 Å². The molecule has 1 aromatic carbocycles. The molecular weight excluding hydrogens is 212 g/mol. The SMILES string of the molecule is C=CCCCn1cnc2c(C)cccc2c1=O. The molecule has 0 atom stereocenters. The number of rotatable bonds is 4. The van der Waals surface area contributed by atoms with Gasteiger partial charge in [0.15, 0.2) is 0 Å². The first-order valence-electron chi connectivity index (χ1n) is 5.79. The first kappa shape index (κ1) is 11.6. The number of unbranched alkanes of at least 4 members (excludes halogenated alkanes) is 1. The van der Waals surface area contributed by atoms with Gasteiger partial charge >= 0.3 is 0 Å². The highest BCUT2D eigenvalue weighted by atomic mass is 16.1. The Bertz CT molecular complexity index is 599. The molecule has 0 saturated carbocycles. The van der Waals surface area contributed by atoms with E-state index in [1.54, 1.807) is 10.9 Å². The molecule has 0 saturated heterocycles. The fraction of sp³-hybridized carbons (Fsp3) is 0.286. The van der Waals surface area contributed by atoms with Gasteiger partial charge in [0.25, 0.3) is 5.56 Å². The van der Waals surface area contributed by atoms with E-state index in [4.69, 9.17) is 0 Å². The summed E-state index contributed by atoms with van der Waals surface area (Å²) in [4.78, 5) is 16.5. The van der Waals surface area contributed by atoms with Crippen molar-refractivity contribution < 1.29 is 0 Å². The fourth-order valence-electron chi connectivity index (χ4n) is 1.90. The van der Waals surface area contributed by atoms with Gasteiger partial charge in [0, 0.05) is 6.54 Å². The molecule has 0 spiro atoms. The van der Waals surface area contributed by atoms with Gasteiger partial charge in [-0.1, -0.05) is 18.2 Å². The molecule has 1 heterocycles. The quantitative estimate of drug-likeness (QED) is 0.595. The third-order valence-corrected chi connectivity index (χ3v) is 2.86. The van der Waals surface area contributed by atoms with E-state index in [9.17, 15) is 4.79 Å². The van der Waals surface area contributed by atoms with Crippen molar-refractivity contribution in [2.75, 3.05) is 0 Å². The van der Waals surface area contributed by atoms with Gasteiger partial charge in [0.05, 0.1) is 17.2 Å². The normalized spacial score (nSPS) is 10.6. The lowest BCUT2D eigenvalue weighted by Gasteiger charge is -2.06. The average molecular weight is 228 g/mol. The molecule has 1 aromatic heterocycles. The van der Waals surface area contributed by atoms with E-state index >= 15 is 0 Å².